The van der Waals surface area contributed by atoms with Crippen molar-refractivity contribution < 1.29 is 18.3 Å². The summed E-state index contributed by atoms with van der Waals surface area (Å²) in [4.78, 5) is 10.8. The van der Waals surface area contributed by atoms with E-state index in [1.165, 1.54) is 7.05 Å². The van der Waals surface area contributed by atoms with Gasteiger partial charge in [-0.05, 0) is 6.07 Å². The number of alkyl halides is 3. The van der Waals surface area contributed by atoms with Gasteiger partial charge in [0.25, 0.3) is 0 Å². The first kappa shape index (κ1) is 10.8. The lowest BCUT2D eigenvalue weighted by Crippen LogP contribution is -2.23. The molecule has 0 amide bonds. The van der Waals surface area contributed by atoms with Crippen LogP contribution in [0.3, 0.4) is 0 Å². The van der Waals surface area contributed by atoms with Gasteiger partial charge in [-0.3, -0.25) is 4.79 Å². The molecule has 78 valence electrons. The summed E-state index contributed by atoms with van der Waals surface area (Å²) in [5.74, 6) is 0. The largest absolute Gasteiger partial charge is 0.418 e. The van der Waals surface area contributed by atoms with Crippen molar-refractivity contribution in [2.24, 2.45) is 7.05 Å². The fourth-order valence-electron chi connectivity index (χ4n) is 0.966. The zero-order valence-electron chi connectivity index (χ0n) is 7.25. The van der Waals surface area contributed by atoms with Crippen molar-refractivity contribution in [1.29, 1.82) is 0 Å². The average molecular weight is 207 g/mol. The minimum Gasteiger partial charge on any atom is -0.379 e. The number of hydrogen-bond donors (Lipinski definition) is 1. The van der Waals surface area contributed by atoms with Gasteiger partial charge in [0.2, 0.25) is 5.56 Å². The topological polar surface area (TPSA) is 42.2 Å². The zero-order valence-corrected chi connectivity index (χ0v) is 7.25. The molecule has 1 N–H and O–H groups in total. The molecule has 0 aliphatic carbocycles. The van der Waals surface area contributed by atoms with Crippen molar-refractivity contribution in [3.63, 3.8) is 0 Å². The number of halogens is 3. The van der Waals surface area contributed by atoms with Crippen LogP contribution in [-0.2, 0) is 7.05 Å². The van der Waals surface area contributed by atoms with E-state index in [9.17, 15) is 18.0 Å². The van der Waals surface area contributed by atoms with Gasteiger partial charge in [0, 0.05) is 24.9 Å². The Morgan fingerprint density at radius 1 is 1.43 bits per heavy atom. The smallest absolute Gasteiger partial charge is 0.379 e. The van der Waals surface area contributed by atoms with Gasteiger partial charge in [0.15, 0.2) is 6.10 Å². The minimum atomic E-state index is -4.71. The van der Waals surface area contributed by atoms with Gasteiger partial charge in [-0.1, -0.05) is 0 Å². The second-order valence-electron chi connectivity index (χ2n) is 2.86. The SMILES string of the molecule is Cn1cc(C(O)C(F)(F)F)ccc1=O. The maximum Gasteiger partial charge on any atom is 0.418 e. The summed E-state index contributed by atoms with van der Waals surface area (Å²) < 4.78 is 37.1. The quantitative estimate of drug-likeness (QED) is 0.745. The van der Waals surface area contributed by atoms with Crippen molar-refractivity contribution in [3.05, 3.63) is 34.2 Å². The fraction of sp³-hybridized carbons (Fsp3) is 0.375. The molecular weight excluding hydrogens is 199 g/mol. The highest BCUT2D eigenvalue weighted by atomic mass is 19.4. The van der Waals surface area contributed by atoms with Crippen LogP contribution >= 0.6 is 0 Å². The fourth-order valence-corrected chi connectivity index (χ4v) is 0.966. The number of pyridine rings is 1. The van der Waals surface area contributed by atoms with Gasteiger partial charge in [0.05, 0.1) is 0 Å². The predicted octanol–water partition coefficient (Wildman–Crippen LogP) is 0.981. The Balaban J connectivity index is 3.09. The van der Waals surface area contributed by atoms with Gasteiger partial charge >= 0.3 is 6.18 Å². The van der Waals surface area contributed by atoms with Gasteiger partial charge in [0.1, 0.15) is 0 Å². The molecule has 1 aromatic heterocycles. The molecule has 3 nitrogen and oxygen atoms in total. The van der Waals surface area contributed by atoms with Gasteiger partial charge in [-0.15, -0.1) is 0 Å². The Morgan fingerprint density at radius 3 is 2.43 bits per heavy atom. The molecule has 1 aromatic rings. The molecule has 14 heavy (non-hydrogen) atoms. The van der Waals surface area contributed by atoms with Crippen LogP contribution in [0.25, 0.3) is 0 Å². The Hall–Kier alpha value is -1.30. The number of nitrogens with zero attached hydrogens (tertiary/aromatic N) is 1. The predicted molar refractivity (Wildman–Crippen MR) is 42.7 cm³/mol. The van der Waals surface area contributed by atoms with E-state index in [0.29, 0.717) is 0 Å². The van der Waals surface area contributed by atoms with Crippen molar-refractivity contribution in [2.45, 2.75) is 12.3 Å². The summed E-state index contributed by atoms with van der Waals surface area (Å²) in [6.07, 6.45) is -6.30. The summed E-state index contributed by atoms with van der Waals surface area (Å²) in [5, 5.41) is 8.83. The third-order valence-corrected chi connectivity index (χ3v) is 1.73. The van der Waals surface area contributed by atoms with E-state index in [0.717, 1.165) is 22.9 Å². The Kier molecular flexibility index (Phi) is 2.66. The van der Waals surface area contributed by atoms with Crippen LogP contribution < -0.4 is 5.56 Å². The molecule has 0 aromatic carbocycles. The van der Waals surface area contributed by atoms with E-state index in [-0.39, 0.29) is 5.56 Å². The Morgan fingerprint density at radius 2 is 2.00 bits per heavy atom. The molecule has 0 aliphatic heterocycles. The summed E-state index contributed by atoms with van der Waals surface area (Å²) >= 11 is 0. The van der Waals surface area contributed by atoms with Crippen molar-refractivity contribution >= 4 is 0 Å². The molecular formula is C8H8F3NO2. The number of hydrogen-bond acceptors (Lipinski definition) is 2. The first-order valence-electron chi connectivity index (χ1n) is 3.73. The van der Waals surface area contributed by atoms with Crippen LogP contribution in [-0.4, -0.2) is 15.8 Å². The number of rotatable bonds is 1. The molecule has 1 atom stereocenters. The lowest BCUT2D eigenvalue weighted by Gasteiger charge is -2.14. The second kappa shape index (κ2) is 3.45. The molecule has 0 radical (unpaired) electrons. The van der Waals surface area contributed by atoms with Crippen LogP contribution in [0.15, 0.2) is 23.1 Å². The van der Waals surface area contributed by atoms with Crippen LogP contribution in [0.1, 0.15) is 11.7 Å². The highest BCUT2D eigenvalue weighted by Crippen LogP contribution is 2.31. The third-order valence-electron chi connectivity index (χ3n) is 1.73. The minimum absolute atomic E-state index is 0.348. The molecule has 0 saturated carbocycles. The van der Waals surface area contributed by atoms with Crippen molar-refractivity contribution in [3.8, 4) is 0 Å². The maximum absolute atomic E-state index is 12.0. The number of aryl methyl sites for hydroxylation is 1. The molecule has 1 heterocycles. The number of aliphatic hydroxyl groups excluding tert-OH is 1. The lowest BCUT2D eigenvalue weighted by atomic mass is 10.1. The molecule has 1 rings (SSSR count). The molecule has 0 spiro atoms. The summed E-state index contributed by atoms with van der Waals surface area (Å²) in [7, 11) is 1.31. The van der Waals surface area contributed by atoms with Gasteiger partial charge in [-0.2, -0.15) is 13.2 Å². The molecule has 0 fully saturated rings. The van der Waals surface area contributed by atoms with Gasteiger partial charge in [-0.25, -0.2) is 0 Å². The van der Waals surface area contributed by atoms with E-state index < -0.39 is 17.8 Å². The molecule has 0 bridgehead atoms. The van der Waals surface area contributed by atoms with E-state index in [2.05, 4.69) is 0 Å². The zero-order chi connectivity index (χ0) is 10.9. The van der Waals surface area contributed by atoms with E-state index in [1.54, 1.807) is 0 Å². The Bertz CT molecular complexity index is 383. The van der Waals surface area contributed by atoms with Crippen LogP contribution in [0.2, 0.25) is 0 Å². The van der Waals surface area contributed by atoms with E-state index >= 15 is 0 Å². The van der Waals surface area contributed by atoms with Gasteiger partial charge < -0.3 is 9.67 Å². The molecule has 1 unspecified atom stereocenters. The summed E-state index contributed by atoms with van der Waals surface area (Å²) in [6, 6.07) is 1.94. The monoisotopic (exact) mass is 207 g/mol. The second-order valence-corrected chi connectivity index (χ2v) is 2.86. The van der Waals surface area contributed by atoms with E-state index in [4.69, 9.17) is 5.11 Å². The van der Waals surface area contributed by atoms with Crippen LogP contribution in [0.5, 0.6) is 0 Å². The number of aromatic nitrogens is 1. The first-order valence-corrected chi connectivity index (χ1v) is 3.73. The molecule has 0 aliphatic rings. The highest BCUT2D eigenvalue weighted by molar-refractivity contribution is 5.14. The standard InChI is InChI=1S/C8H8F3NO2/c1-12-4-5(2-3-6(12)13)7(14)8(9,10)11/h2-4,7,14H,1H3. The van der Waals surface area contributed by atoms with Crippen LogP contribution in [0, 0.1) is 0 Å². The van der Waals surface area contributed by atoms with Crippen LogP contribution in [0.4, 0.5) is 13.2 Å². The normalized spacial score (nSPS) is 14.1. The summed E-state index contributed by atoms with van der Waals surface area (Å²) in [5.41, 5.74) is -0.775. The highest BCUT2D eigenvalue weighted by Gasteiger charge is 2.39. The lowest BCUT2D eigenvalue weighted by molar-refractivity contribution is -0.206. The van der Waals surface area contributed by atoms with Crippen molar-refractivity contribution in [1.82, 2.24) is 4.57 Å². The third kappa shape index (κ3) is 2.14. The Labute approximate surface area is 77.4 Å². The van der Waals surface area contributed by atoms with E-state index in [1.807, 2.05) is 0 Å². The molecule has 0 saturated heterocycles. The molecule has 6 heteroatoms. The van der Waals surface area contributed by atoms with Crippen molar-refractivity contribution in [2.75, 3.05) is 0 Å². The number of aliphatic hydroxyl groups is 1. The summed E-state index contributed by atoms with van der Waals surface area (Å²) in [6.45, 7) is 0. The first-order chi connectivity index (χ1) is 6.32. The maximum atomic E-state index is 12.0. The average Bonchev–Trinajstić information content (AvgIpc) is 2.07.